The fraction of sp³-hybridized carbons (Fsp3) is 0.250. The van der Waals surface area contributed by atoms with Crippen molar-refractivity contribution in [3.8, 4) is 11.1 Å². The number of anilines is 1. The summed E-state index contributed by atoms with van der Waals surface area (Å²) >= 11 is 0. The number of furan rings is 1. The van der Waals surface area contributed by atoms with Crippen LogP contribution in [0.5, 0.6) is 0 Å². The third-order valence-corrected chi connectivity index (χ3v) is 6.28. The van der Waals surface area contributed by atoms with Gasteiger partial charge >= 0.3 is 6.03 Å². The summed E-state index contributed by atoms with van der Waals surface area (Å²) in [6.07, 6.45) is 0.869. The second-order valence-electron chi connectivity index (χ2n) is 8.89. The molecule has 5 rings (SSSR count). The van der Waals surface area contributed by atoms with Gasteiger partial charge in [-0.3, -0.25) is 4.90 Å². The standard InChI is InChI=1S/C28H28FN3O2/c1-20-6-8-21(9-7-20)22-10-11-27-23(16-22)17-26(34-27)19-31-12-3-13-32(15-14-31)28(33)30-25-5-2-4-24(29)18-25/h2,4-11,16-18H,3,12-15,19H2,1H3,(H,30,33). The first kappa shape index (κ1) is 22.2. The molecule has 0 unspecified atom stereocenters. The molecule has 2 heterocycles. The number of rotatable bonds is 4. The van der Waals surface area contributed by atoms with Crippen LogP contribution >= 0.6 is 0 Å². The van der Waals surface area contributed by atoms with Crippen LogP contribution in [0.2, 0.25) is 0 Å². The molecule has 1 aromatic heterocycles. The highest BCUT2D eigenvalue weighted by atomic mass is 19.1. The van der Waals surface area contributed by atoms with Crippen LogP contribution in [0.1, 0.15) is 17.7 Å². The number of carbonyl (C=O) groups is 1. The van der Waals surface area contributed by atoms with Crippen molar-refractivity contribution in [1.29, 1.82) is 0 Å². The minimum absolute atomic E-state index is 0.195. The summed E-state index contributed by atoms with van der Waals surface area (Å²) in [6.45, 7) is 5.70. The molecule has 4 aromatic rings. The molecule has 0 saturated carbocycles. The van der Waals surface area contributed by atoms with Gasteiger partial charge in [0, 0.05) is 37.3 Å². The number of aryl methyl sites for hydroxylation is 1. The number of nitrogens with zero attached hydrogens (tertiary/aromatic N) is 2. The van der Waals surface area contributed by atoms with Crippen LogP contribution in [0.3, 0.4) is 0 Å². The number of fused-ring (bicyclic) bond motifs is 1. The average Bonchev–Trinajstić information content (AvgIpc) is 3.07. The van der Waals surface area contributed by atoms with Gasteiger partial charge in [-0.15, -0.1) is 0 Å². The first-order chi connectivity index (χ1) is 16.5. The number of amides is 2. The number of urea groups is 1. The van der Waals surface area contributed by atoms with Gasteiger partial charge in [0.05, 0.1) is 6.54 Å². The number of halogens is 1. The van der Waals surface area contributed by atoms with Gasteiger partial charge < -0.3 is 14.6 Å². The number of nitrogens with one attached hydrogen (secondary N) is 1. The second-order valence-corrected chi connectivity index (χ2v) is 8.89. The normalized spacial score (nSPS) is 14.8. The summed E-state index contributed by atoms with van der Waals surface area (Å²) in [5.74, 6) is 0.561. The van der Waals surface area contributed by atoms with Crippen molar-refractivity contribution in [2.24, 2.45) is 0 Å². The lowest BCUT2D eigenvalue weighted by Gasteiger charge is -2.22. The van der Waals surface area contributed by atoms with E-state index < -0.39 is 0 Å². The molecule has 3 aromatic carbocycles. The van der Waals surface area contributed by atoms with Crippen LogP contribution in [0.4, 0.5) is 14.9 Å². The highest BCUT2D eigenvalue weighted by Gasteiger charge is 2.20. The van der Waals surface area contributed by atoms with Crippen LogP contribution < -0.4 is 5.32 Å². The van der Waals surface area contributed by atoms with Crippen molar-refractivity contribution >= 4 is 22.7 Å². The highest BCUT2D eigenvalue weighted by molar-refractivity contribution is 5.89. The molecule has 0 bridgehead atoms. The molecule has 1 N–H and O–H groups in total. The van der Waals surface area contributed by atoms with Gasteiger partial charge in [0.2, 0.25) is 0 Å². The Morgan fingerprint density at radius 1 is 0.941 bits per heavy atom. The lowest BCUT2D eigenvalue weighted by molar-refractivity contribution is 0.209. The Labute approximate surface area is 198 Å². The zero-order chi connectivity index (χ0) is 23.5. The van der Waals surface area contributed by atoms with E-state index in [-0.39, 0.29) is 11.8 Å². The molecule has 2 amide bonds. The van der Waals surface area contributed by atoms with Crippen LogP contribution in [0, 0.1) is 12.7 Å². The molecule has 0 atom stereocenters. The molecule has 5 nitrogen and oxygen atoms in total. The zero-order valence-corrected chi connectivity index (χ0v) is 19.3. The summed E-state index contributed by atoms with van der Waals surface area (Å²) < 4.78 is 19.5. The Kier molecular flexibility index (Phi) is 6.32. The van der Waals surface area contributed by atoms with Crippen LogP contribution in [-0.2, 0) is 6.54 Å². The fourth-order valence-corrected chi connectivity index (χ4v) is 4.42. The molecular formula is C28H28FN3O2. The quantitative estimate of drug-likeness (QED) is 0.392. The van der Waals surface area contributed by atoms with Gasteiger partial charge in [-0.2, -0.15) is 0 Å². The Hall–Kier alpha value is -3.64. The fourth-order valence-electron chi connectivity index (χ4n) is 4.42. The molecule has 0 radical (unpaired) electrons. The van der Waals surface area contributed by atoms with Gasteiger partial charge in [0.1, 0.15) is 17.2 Å². The molecule has 6 heteroatoms. The molecule has 1 fully saturated rings. The maximum atomic E-state index is 13.4. The maximum absolute atomic E-state index is 13.4. The van der Waals surface area contributed by atoms with Gasteiger partial charge in [-0.05, 0) is 60.9 Å². The Bertz CT molecular complexity index is 1300. The number of benzene rings is 3. The van der Waals surface area contributed by atoms with E-state index in [1.807, 2.05) is 6.07 Å². The predicted molar refractivity (Wildman–Crippen MR) is 133 cm³/mol. The van der Waals surface area contributed by atoms with E-state index in [0.29, 0.717) is 25.3 Å². The molecule has 174 valence electrons. The predicted octanol–water partition coefficient (Wildman–Crippen LogP) is 6.29. The van der Waals surface area contributed by atoms with E-state index in [0.717, 1.165) is 36.2 Å². The largest absolute Gasteiger partial charge is 0.460 e. The Balaban J connectivity index is 1.22. The SMILES string of the molecule is Cc1ccc(-c2ccc3oc(CN4CCCN(C(=O)Nc5cccc(F)c5)CC4)cc3c2)cc1. The molecule has 1 aliphatic heterocycles. The summed E-state index contributed by atoms with van der Waals surface area (Å²) in [5.41, 5.74) is 4.97. The summed E-state index contributed by atoms with van der Waals surface area (Å²) in [7, 11) is 0. The smallest absolute Gasteiger partial charge is 0.321 e. The van der Waals surface area contributed by atoms with Gasteiger partial charge in [-0.25, -0.2) is 9.18 Å². The van der Waals surface area contributed by atoms with E-state index in [2.05, 4.69) is 59.6 Å². The van der Waals surface area contributed by atoms with E-state index >= 15 is 0 Å². The third-order valence-electron chi connectivity index (χ3n) is 6.28. The minimum atomic E-state index is -0.364. The summed E-state index contributed by atoms with van der Waals surface area (Å²) in [5, 5.41) is 3.89. The number of carbonyl (C=O) groups excluding carboxylic acids is 1. The van der Waals surface area contributed by atoms with E-state index in [9.17, 15) is 9.18 Å². The van der Waals surface area contributed by atoms with Crippen molar-refractivity contribution in [2.75, 3.05) is 31.5 Å². The molecule has 0 aliphatic carbocycles. The Morgan fingerprint density at radius 2 is 1.76 bits per heavy atom. The van der Waals surface area contributed by atoms with Crippen molar-refractivity contribution in [3.05, 3.63) is 89.9 Å². The van der Waals surface area contributed by atoms with E-state index in [1.54, 1.807) is 17.0 Å². The topological polar surface area (TPSA) is 48.7 Å². The van der Waals surface area contributed by atoms with Crippen molar-refractivity contribution in [3.63, 3.8) is 0 Å². The van der Waals surface area contributed by atoms with Crippen molar-refractivity contribution < 1.29 is 13.6 Å². The van der Waals surface area contributed by atoms with Crippen molar-refractivity contribution in [2.45, 2.75) is 19.9 Å². The second kappa shape index (κ2) is 9.69. The zero-order valence-electron chi connectivity index (χ0n) is 19.3. The maximum Gasteiger partial charge on any atom is 0.321 e. The Morgan fingerprint density at radius 3 is 2.59 bits per heavy atom. The van der Waals surface area contributed by atoms with Gasteiger partial charge in [-0.1, -0.05) is 42.0 Å². The van der Waals surface area contributed by atoms with Crippen LogP contribution in [0.25, 0.3) is 22.1 Å². The lowest BCUT2D eigenvalue weighted by atomic mass is 10.0. The lowest BCUT2D eigenvalue weighted by Crippen LogP contribution is -2.38. The molecule has 0 spiro atoms. The van der Waals surface area contributed by atoms with Crippen LogP contribution in [0.15, 0.2) is 77.2 Å². The first-order valence-corrected chi connectivity index (χ1v) is 11.7. The summed E-state index contributed by atoms with van der Waals surface area (Å²) in [6, 6.07) is 22.7. The van der Waals surface area contributed by atoms with E-state index in [1.165, 1.54) is 28.8 Å². The number of hydrogen-bond acceptors (Lipinski definition) is 3. The molecule has 1 aliphatic rings. The van der Waals surface area contributed by atoms with Gasteiger partial charge in [0.15, 0.2) is 0 Å². The number of hydrogen-bond donors (Lipinski definition) is 1. The van der Waals surface area contributed by atoms with Gasteiger partial charge in [0.25, 0.3) is 0 Å². The minimum Gasteiger partial charge on any atom is -0.460 e. The third kappa shape index (κ3) is 5.13. The average molecular weight is 458 g/mol. The monoisotopic (exact) mass is 457 g/mol. The van der Waals surface area contributed by atoms with E-state index in [4.69, 9.17) is 4.42 Å². The molecule has 1 saturated heterocycles. The molecular weight excluding hydrogens is 429 g/mol. The van der Waals surface area contributed by atoms with Crippen molar-refractivity contribution in [1.82, 2.24) is 9.80 Å². The molecule has 34 heavy (non-hydrogen) atoms. The summed E-state index contributed by atoms with van der Waals surface area (Å²) in [4.78, 5) is 16.7. The van der Waals surface area contributed by atoms with Crippen LogP contribution in [-0.4, -0.2) is 42.0 Å². The highest BCUT2D eigenvalue weighted by Crippen LogP contribution is 2.27. The first-order valence-electron chi connectivity index (χ1n) is 11.7.